The highest BCUT2D eigenvalue weighted by atomic mass is 16.4. The van der Waals surface area contributed by atoms with Crippen molar-refractivity contribution in [2.75, 3.05) is 13.1 Å². The summed E-state index contributed by atoms with van der Waals surface area (Å²) < 4.78 is 0. The van der Waals surface area contributed by atoms with Gasteiger partial charge in [0.1, 0.15) is 0 Å². The molecule has 0 aliphatic rings. The molecule has 0 bridgehead atoms. The highest BCUT2D eigenvalue weighted by Crippen LogP contribution is 2.14. The second kappa shape index (κ2) is 30.0. The molecule has 38 heavy (non-hydrogen) atoms. The Balaban J connectivity index is 3.23. The predicted octanol–water partition coefficient (Wildman–Crippen LogP) is 8.47. The number of carbonyl (C=O) groups is 3. The number of carboxylic acids is 1. The summed E-state index contributed by atoms with van der Waals surface area (Å²) in [4.78, 5) is 34.1. The number of hydrogen-bond donors (Lipinski definition) is 3. The fourth-order valence-corrected chi connectivity index (χ4v) is 4.82. The molecule has 3 N–H and O–H groups in total. The van der Waals surface area contributed by atoms with E-state index in [-0.39, 0.29) is 18.2 Å². The van der Waals surface area contributed by atoms with Gasteiger partial charge in [0.15, 0.2) is 0 Å². The molecule has 0 aromatic carbocycles. The van der Waals surface area contributed by atoms with Gasteiger partial charge in [-0.05, 0) is 25.7 Å². The Morgan fingerprint density at radius 3 is 1.11 bits per heavy atom. The maximum absolute atomic E-state index is 12.0. The van der Waals surface area contributed by atoms with E-state index in [4.69, 9.17) is 5.11 Å². The van der Waals surface area contributed by atoms with Crippen molar-refractivity contribution in [1.29, 1.82) is 0 Å². The largest absolute Gasteiger partial charge is 0.481 e. The molecule has 6 nitrogen and oxygen atoms in total. The predicted molar refractivity (Wildman–Crippen MR) is 159 cm³/mol. The van der Waals surface area contributed by atoms with Crippen molar-refractivity contribution in [3.05, 3.63) is 0 Å². The van der Waals surface area contributed by atoms with Crippen LogP contribution in [0.5, 0.6) is 0 Å². The van der Waals surface area contributed by atoms with Gasteiger partial charge in [-0.25, -0.2) is 0 Å². The zero-order valence-corrected chi connectivity index (χ0v) is 25.0. The molecule has 0 rings (SSSR count). The van der Waals surface area contributed by atoms with Gasteiger partial charge < -0.3 is 15.7 Å². The van der Waals surface area contributed by atoms with Crippen LogP contribution in [-0.2, 0) is 14.4 Å². The van der Waals surface area contributed by atoms with E-state index in [1.807, 2.05) is 0 Å². The lowest BCUT2D eigenvalue weighted by Gasteiger charge is -2.06. The molecule has 224 valence electrons. The molecule has 0 aliphatic heterocycles. The summed E-state index contributed by atoms with van der Waals surface area (Å²) in [5.41, 5.74) is 0. The van der Waals surface area contributed by atoms with Gasteiger partial charge in [0.25, 0.3) is 0 Å². The zero-order chi connectivity index (χ0) is 27.9. The Morgan fingerprint density at radius 1 is 0.421 bits per heavy atom. The average Bonchev–Trinajstić information content (AvgIpc) is 2.89. The summed E-state index contributed by atoms with van der Waals surface area (Å²) in [6.07, 6.45) is 29.6. The van der Waals surface area contributed by atoms with Crippen molar-refractivity contribution in [2.24, 2.45) is 0 Å². The maximum atomic E-state index is 12.0. The lowest BCUT2D eigenvalue weighted by molar-refractivity contribution is -0.137. The number of hydrogen-bond acceptors (Lipinski definition) is 3. The van der Waals surface area contributed by atoms with Crippen molar-refractivity contribution in [1.82, 2.24) is 10.6 Å². The first kappa shape index (κ1) is 36.4. The van der Waals surface area contributed by atoms with E-state index in [1.54, 1.807) is 0 Å². The highest BCUT2D eigenvalue weighted by Gasteiger charge is 2.03. The third-order valence-electron chi connectivity index (χ3n) is 7.30. The van der Waals surface area contributed by atoms with E-state index in [1.165, 1.54) is 96.3 Å². The summed E-state index contributed by atoms with van der Waals surface area (Å²) in [6.45, 7) is 3.53. The summed E-state index contributed by atoms with van der Waals surface area (Å²) in [7, 11) is 0. The molecule has 0 aliphatic carbocycles. The standard InChI is InChI=1S/C32H62N2O4/c1-2-3-4-5-6-7-8-9-10-11-12-13-14-17-20-23-28-33-30(35)25-21-18-15-16-19-22-26-31(36)34-29-24-27-32(37)38/h2-29H2,1H3,(H,33,35)(H,34,36)(H,37,38). The van der Waals surface area contributed by atoms with Crippen LogP contribution in [0.4, 0.5) is 0 Å². The molecular formula is C32H62N2O4. The van der Waals surface area contributed by atoms with E-state index in [0.717, 1.165) is 51.5 Å². The van der Waals surface area contributed by atoms with Gasteiger partial charge in [0.2, 0.25) is 11.8 Å². The Labute approximate surface area is 234 Å². The fourth-order valence-electron chi connectivity index (χ4n) is 4.82. The van der Waals surface area contributed by atoms with Crippen LogP contribution in [0.2, 0.25) is 0 Å². The molecule has 0 unspecified atom stereocenters. The number of carbonyl (C=O) groups excluding carboxylic acids is 2. The summed E-state index contributed by atoms with van der Waals surface area (Å²) >= 11 is 0. The van der Waals surface area contributed by atoms with Crippen LogP contribution >= 0.6 is 0 Å². The Kier molecular flexibility index (Phi) is 28.7. The molecule has 0 fully saturated rings. The topological polar surface area (TPSA) is 95.5 Å². The third-order valence-corrected chi connectivity index (χ3v) is 7.30. The van der Waals surface area contributed by atoms with Crippen LogP contribution in [-0.4, -0.2) is 36.0 Å². The first-order valence-electron chi connectivity index (χ1n) is 16.3. The zero-order valence-electron chi connectivity index (χ0n) is 25.0. The fraction of sp³-hybridized carbons (Fsp3) is 0.906. The van der Waals surface area contributed by atoms with Crippen LogP contribution in [0.1, 0.15) is 174 Å². The van der Waals surface area contributed by atoms with Crippen LogP contribution in [0.15, 0.2) is 0 Å². The number of nitrogens with one attached hydrogen (secondary N) is 2. The monoisotopic (exact) mass is 538 g/mol. The van der Waals surface area contributed by atoms with Gasteiger partial charge in [0, 0.05) is 32.4 Å². The van der Waals surface area contributed by atoms with Crippen molar-refractivity contribution in [3.63, 3.8) is 0 Å². The summed E-state index contributed by atoms with van der Waals surface area (Å²) in [5, 5.41) is 14.4. The van der Waals surface area contributed by atoms with Crippen molar-refractivity contribution in [2.45, 2.75) is 174 Å². The highest BCUT2D eigenvalue weighted by molar-refractivity contribution is 5.76. The van der Waals surface area contributed by atoms with E-state index in [9.17, 15) is 14.4 Å². The SMILES string of the molecule is CCCCCCCCCCCCCCCCCCNC(=O)CCCCCCCCC(=O)NCCCC(=O)O. The Hall–Kier alpha value is -1.59. The Bertz CT molecular complexity index is 554. The molecule has 2 amide bonds. The van der Waals surface area contributed by atoms with Crippen LogP contribution < -0.4 is 10.6 Å². The van der Waals surface area contributed by atoms with E-state index in [0.29, 0.717) is 25.8 Å². The van der Waals surface area contributed by atoms with E-state index in [2.05, 4.69) is 17.6 Å². The second-order valence-electron chi connectivity index (χ2n) is 11.1. The normalized spacial score (nSPS) is 11.0. The second-order valence-corrected chi connectivity index (χ2v) is 11.1. The lowest BCUT2D eigenvalue weighted by Crippen LogP contribution is -2.24. The number of carboxylic acid groups (broad SMARTS) is 1. The van der Waals surface area contributed by atoms with Gasteiger partial charge in [-0.2, -0.15) is 0 Å². The van der Waals surface area contributed by atoms with Gasteiger partial charge in [0.05, 0.1) is 0 Å². The van der Waals surface area contributed by atoms with Gasteiger partial charge in [-0.15, -0.1) is 0 Å². The van der Waals surface area contributed by atoms with Crippen LogP contribution in [0.3, 0.4) is 0 Å². The van der Waals surface area contributed by atoms with Crippen LogP contribution in [0.25, 0.3) is 0 Å². The lowest BCUT2D eigenvalue weighted by atomic mass is 10.0. The molecule has 0 saturated carbocycles. The van der Waals surface area contributed by atoms with Crippen molar-refractivity contribution in [3.8, 4) is 0 Å². The number of rotatable bonds is 30. The minimum atomic E-state index is -0.827. The maximum Gasteiger partial charge on any atom is 0.303 e. The molecule has 0 heterocycles. The van der Waals surface area contributed by atoms with Gasteiger partial charge >= 0.3 is 5.97 Å². The van der Waals surface area contributed by atoms with Crippen molar-refractivity contribution >= 4 is 17.8 Å². The van der Waals surface area contributed by atoms with Crippen LogP contribution in [0, 0.1) is 0 Å². The number of unbranched alkanes of at least 4 members (excludes halogenated alkanes) is 20. The third kappa shape index (κ3) is 30.6. The number of amides is 2. The number of aliphatic carboxylic acids is 1. The molecule has 6 heteroatoms. The first-order chi connectivity index (χ1) is 18.6. The molecule has 0 spiro atoms. The molecular weight excluding hydrogens is 476 g/mol. The minimum Gasteiger partial charge on any atom is -0.481 e. The summed E-state index contributed by atoms with van der Waals surface area (Å²) in [6, 6.07) is 0. The molecule has 0 atom stereocenters. The minimum absolute atomic E-state index is 0.0106. The molecule has 0 radical (unpaired) electrons. The van der Waals surface area contributed by atoms with Gasteiger partial charge in [-0.3, -0.25) is 14.4 Å². The quantitative estimate of drug-likeness (QED) is 0.0799. The smallest absolute Gasteiger partial charge is 0.303 e. The van der Waals surface area contributed by atoms with Crippen molar-refractivity contribution < 1.29 is 19.5 Å². The van der Waals surface area contributed by atoms with E-state index >= 15 is 0 Å². The molecule has 0 saturated heterocycles. The molecule has 0 aromatic heterocycles. The average molecular weight is 539 g/mol. The summed E-state index contributed by atoms with van der Waals surface area (Å²) in [5.74, 6) is -0.630. The van der Waals surface area contributed by atoms with E-state index < -0.39 is 5.97 Å². The first-order valence-corrected chi connectivity index (χ1v) is 16.3. The van der Waals surface area contributed by atoms with Gasteiger partial charge in [-0.1, -0.05) is 129 Å². The molecule has 0 aromatic rings. The Morgan fingerprint density at radius 2 is 0.737 bits per heavy atom.